The summed E-state index contributed by atoms with van der Waals surface area (Å²) in [5.74, 6) is 1.07. The van der Waals surface area contributed by atoms with E-state index in [1.807, 2.05) is 24.3 Å². The molecule has 2 saturated heterocycles. The van der Waals surface area contributed by atoms with Gasteiger partial charge in [-0.2, -0.15) is 0 Å². The van der Waals surface area contributed by atoms with Crippen LogP contribution in [0.5, 0.6) is 17.2 Å². The van der Waals surface area contributed by atoms with E-state index in [0.717, 1.165) is 60.3 Å². The standard InChI is InChI=1S/C56H60O9.C13H16O6/c1-32(2)7-6-8-33(3)46-23-24-47-43-21-14-37-31-56(28-27-54(37,4)48(43)25-26-55(46,47)5,35-10-15-38(16-11-35)62-40-19-22-42-45(30-40)53(61)65-51(42)59)36-12-17-39(18-13-36)63-49(57)34-9-20-41-44(29-34)52(60)64-50(41)58;1-12(3-8(14)18-9(15)4-12)7-13(2)5-10(16)19-11(17)6-13/h9-13,15-20,22,29-30,32-33,37,43,46-48H,6-8,14,21,23-28,31H2,1-5H3;3-7H2,1-2H3. The molecule has 4 heterocycles. The second-order valence-corrected chi connectivity index (χ2v) is 27.5. The van der Waals surface area contributed by atoms with Gasteiger partial charge in [0.05, 0.1) is 53.5 Å². The number of carbonyl (C=O) groups excluding carboxylic acids is 9. The summed E-state index contributed by atoms with van der Waals surface area (Å²) in [4.78, 5) is 107. The second kappa shape index (κ2) is 22.3. The van der Waals surface area contributed by atoms with Gasteiger partial charge in [0.2, 0.25) is 0 Å². The van der Waals surface area contributed by atoms with E-state index in [2.05, 4.69) is 68.4 Å². The number of rotatable bonds is 13. The lowest BCUT2D eigenvalue weighted by Crippen LogP contribution is -2.55. The molecule has 4 aliphatic heterocycles. The smallest absolute Gasteiger partial charge is 0.347 e. The fourth-order valence-corrected chi connectivity index (χ4v) is 17.5. The number of carbonyl (C=O) groups is 9. The predicted octanol–water partition coefficient (Wildman–Crippen LogP) is 13.8. The Labute approximate surface area is 490 Å². The molecule has 442 valence electrons. The molecule has 84 heavy (non-hydrogen) atoms. The van der Waals surface area contributed by atoms with Gasteiger partial charge in [0, 0.05) is 5.41 Å². The normalized spacial score (nSPS) is 29.4. The van der Waals surface area contributed by atoms with Crippen molar-refractivity contribution in [2.45, 2.75) is 163 Å². The summed E-state index contributed by atoms with van der Waals surface area (Å²) in [6, 6.07) is 25.2. The van der Waals surface area contributed by atoms with E-state index in [1.165, 1.54) is 81.5 Å². The van der Waals surface area contributed by atoms with E-state index in [9.17, 15) is 43.2 Å². The molecule has 15 heteroatoms. The van der Waals surface area contributed by atoms with Gasteiger partial charge < -0.3 is 28.4 Å². The highest BCUT2D eigenvalue weighted by Gasteiger charge is 2.62. The molecule has 4 saturated carbocycles. The van der Waals surface area contributed by atoms with Gasteiger partial charge in [0.1, 0.15) is 17.2 Å². The lowest BCUT2D eigenvalue weighted by molar-refractivity contribution is -0.172. The Morgan fingerprint density at radius 3 is 1.63 bits per heavy atom. The minimum Gasteiger partial charge on any atom is -0.457 e. The van der Waals surface area contributed by atoms with Gasteiger partial charge in [-0.15, -0.1) is 0 Å². The summed E-state index contributed by atoms with van der Waals surface area (Å²) in [6.07, 6.45) is 16.1. The third kappa shape index (κ3) is 11.2. The van der Waals surface area contributed by atoms with Crippen molar-refractivity contribution in [1.29, 1.82) is 0 Å². The van der Waals surface area contributed by atoms with Gasteiger partial charge in [-0.05, 0) is 199 Å². The number of hydrogen-bond acceptors (Lipinski definition) is 15. The number of ether oxygens (including phenoxy) is 6. The third-order valence-corrected chi connectivity index (χ3v) is 21.3. The van der Waals surface area contributed by atoms with Gasteiger partial charge in [-0.1, -0.05) is 92.0 Å². The number of fused-ring (bicyclic) bond motifs is 7. The maximum atomic E-state index is 13.3. The van der Waals surface area contributed by atoms with Crippen LogP contribution in [0.15, 0.2) is 84.9 Å². The molecule has 12 rings (SSSR count). The molecular weight excluding hydrogens is 1070 g/mol. The molecule has 0 spiro atoms. The van der Waals surface area contributed by atoms with Crippen molar-refractivity contribution in [2.75, 3.05) is 0 Å². The Kier molecular flexibility index (Phi) is 15.5. The average Bonchev–Trinajstić information content (AvgIpc) is 2.77. The van der Waals surface area contributed by atoms with Gasteiger partial charge in [-0.25, -0.2) is 24.0 Å². The Morgan fingerprint density at radius 2 is 1.05 bits per heavy atom. The quantitative estimate of drug-likeness (QED) is 0.0528. The first-order valence-electron chi connectivity index (χ1n) is 30.3. The summed E-state index contributed by atoms with van der Waals surface area (Å²) >= 11 is 0. The van der Waals surface area contributed by atoms with Crippen molar-refractivity contribution in [3.63, 3.8) is 0 Å². The van der Waals surface area contributed by atoms with Crippen LogP contribution in [0.25, 0.3) is 0 Å². The number of cyclic esters (lactones) is 8. The fraction of sp³-hybridized carbons (Fsp3) is 0.522. The zero-order chi connectivity index (χ0) is 59.7. The van der Waals surface area contributed by atoms with Crippen LogP contribution in [0.2, 0.25) is 0 Å². The molecule has 0 amide bonds. The maximum absolute atomic E-state index is 13.3. The Morgan fingerprint density at radius 1 is 0.524 bits per heavy atom. The summed E-state index contributed by atoms with van der Waals surface area (Å²) in [5, 5.41) is 0. The molecule has 4 aromatic carbocycles. The van der Waals surface area contributed by atoms with E-state index < -0.39 is 64.6 Å². The van der Waals surface area contributed by atoms with Crippen molar-refractivity contribution in [1.82, 2.24) is 0 Å². The van der Waals surface area contributed by atoms with E-state index in [1.54, 1.807) is 32.0 Å². The first kappa shape index (κ1) is 58.5. The molecule has 4 aromatic rings. The molecule has 9 unspecified atom stereocenters. The molecule has 8 aliphatic rings. The zero-order valence-corrected chi connectivity index (χ0v) is 49.3. The van der Waals surface area contributed by atoms with Crippen LogP contribution in [0.3, 0.4) is 0 Å². The maximum Gasteiger partial charge on any atom is 0.347 e. The second-order valence-electron chi connectivity index (χ2n) is 27.5. The summed E-state index contributed by atoms with van der Waals surface area (Å²) in [7, 11) is 0. The predicted molar refractivity (Wildman–Crippen MR) is 306 cm³/mol. The summed E-state index contributed by atoms with van der Waals surface area (Å²) in [5.41, 5.74) is 2.39. The van der Waals surface area contributed by atoms with E-state index >= 15 is 0 Å². The van der Waals surface area contributed by atoms with Crippen molar-refractivity contribution in [3.05, 3.63) is 124 Å². The van der Waals surface area contributed by atoms with Crippen molar-refractivity contribution >= 4 is 53.7 Å². The molecule has 0 N–H and O–H groups in total. The van der Waals surface area contributed by atoms with E-state index in [0.29, 0.717) is 35.0 Å². The van der Waals surface area contributed by atoms with Crippen LogP contribution in [0.4, 0.5) is 0 Å². The lowest BCUT2D eigenvalue weighted by atomic mass is 9.42. The molecular formula is C69H76O15. The Bertz CT molecular complexity index is 3280. The number of esters is 9. The van der Waals surface area contributed by atoms with Crippen molar-refractivity contribution in [3.8, 4) is 17.2 Å². The third-order valence-electron chi connectivity index (χ3n) is 21.3. The largest absolute Gasteiger partial charge is 0.457 e. The SMILES string of the molecule is CC(C)CCCC(C)C1CCC2C3CCC4CC(c5ccc(OC(=O)c6ccc7c(c6)C(=O)OC7=O)cc5)(c5ccc(Oc6ccc7c(c6)C(=O)OC7=O)cc5)CCC4(C)C3CCC12C.CC1(CC2(C)CC(=O)OC(=O)C2)CC(=O)OC(=O)C1. The molecule has 4 aliphatic carbocycles. The van der Waals surface area contributed by atoms with Gasteiger partial charge in [0.25, 0.3) is 0 Å². The average molecular weight is 1150 g/mol. The fourth-order valence-electron chi connectivity index (χ4n) is 17.5. The van der Waals surface area contributed by atoms with Crippen molar-refractivity contribution in [2.24, 2.45) is 63.1 Å². The monoisotopic (exact) mass is 1140 g/mol. The summed E-state index contributed by atoms with van der Waals surface area (Å²) < 4.78 is 30.6. The highest BCUT2D eigenvalue weighted by molar-refractivity contribution is 6.16. The van der Waals surface area contributed by atoms with Gasteiger partial charge in [0.15, 0.2) is 0 Å². The topological polar surface area (TPSA) is 209 Å². The van der Waals surface area contributed by atoms with Crippen molar-refractivity contribution < 1.29 is 71.6 Å². The highest BCUT2D eigenvalue weighted by Crippen LogP contribution is 2.70. The van der Waals surface area contributed by atoms with Crippen LogP contribution < -0.4 is 9.47 Å². The van der Waals surface area contributed by atoms with E-state index in [4.69, 9.17) is 18.9 Å². The first-order valence-corrected chi connectivity index (χ1v) is 30.3. The number of benzene rings is 4. The van der Waals surface area contributed by atoms with Gasteiger partial charge >= 0.3 is 53.7 Å². The Balaban J connectivity index is 0.000000329. The molecule has 6 fully saturated rings. The van der Waals surface area contributed by atoms with Gasteiger partial charge in [-0.3, -0.25) is 19.2 Å². The van der Waals surface area contributed by atoms with Crippen LogP contribution in [-0.2, 0) is 43.5 Å². The molecule has 15 nitrogen and oxygen atoms in total. The first-order chi connectivity index (χ1) is 39.9. The molecule has 0 aromatic heterocycles. The Hall–Kier alpha value is -7.29. The van der Waals surface area contributed by atoms with Crippen LogP contribution in [0, 0.1) is 63.1 Å². The number of hydrogen-bond donors (Lipinski definition) is 0. The highest BCUT2D eigenvalue weighted by atomic mass is 16.6. The zero-order valence-electron chi connectivity index (χ0n) is 49.3. The summed E-state index contributed by atoms with van der Waals surface area (Å²) in [6.45, 7) is 16.2. The minimum absolute atomic E-state index is 0.0572. The van der Waals surface area contributed by atoms with Crippen LogP contribution >= 0.6 is 0 Å². The minimum atomic E-state index is -0.773. The van der Waals surface area contributed by atoms with Crippen LogP contribution in [0.1, 0.15) is 221 Å². The molecule has 0 radical (unpaired) electrons. The molecule has 9 atom stereocenters. The van der Waals surface area contributed by atoms with Crippen LogP contribution in [-0.4, -0.2) is 53.7 Å². The van der Waals surface area contributed by atoms with E-state index in [-0.39, 0.29) is 64.3 Å². The molecule has 0 bridgehead atoms. The lowest BCUT2D eigenvalue weighted by Gasteiger charge is -2.63.